The predicted molar refractivity (Wildman–Crippen MR) is 61.2 cm³/mol. The van der Waals surface area contributed by atoms with Crippen LogP contribution in [0, 0.1) is 5.82 Å². The van der Waals surface area contributed by atoms with Crippen LogP contribution in [-0.4, -0.2) is 23.4 Å². The average Bonchev–Trinajstić information content (AvgIpc) is 2.92. The number of hydrogen-bond acceptors (Lipinski definition) is 3. The van der Waals surface area contributed by atoms with E-state index in [0.29, 0.717) is 24.8 Å². The number of nitrogens with one attached hydrogen (secondary N) is 1. The van der Waals surface area contributed by atoms with Gasteiger partial charge in [0.05, 0.1) is 12.2 Å². The molecule has 0 amide bonds. The third kappa shape index (κ3) is 2.15. The molecule has 0 spiro atoms. The van der Waals surface area contributed by atoms with Gasteiger partial charge in [-0.1, -0.05) is 6.07 Å². The highest BCUT2D eigenvalue weighted by Gasteiger charge is 2.40. The highest BCUT2D eigenvalue weighted by Crippen LogP contribution is 2.34. The van der Waals surface area contributed by atoms with Crippen molar-refractivity contribution >= 4 is 0 Å². The van der Waals surface area contributed by atoms with Crippen LogP contribution in [0.4, 0.5) is 4.39 Å². The van der Waals surface area contributed by atoms with Crippen LogP contribution >= 0.6 is 0 Å². The Morgan fingerprint density at radius 1 is 1.41 bits per heavy atom. The molecule has 4 heteroatoms. The van der Waals surface area contributed by atoms with Crippen LogP contribution in [0.5, 0.6) is 5.75 Å². The smallest absolute Gasteiger partial charge is 0.165 e. The SMILES string of the molecule is Oc1ccc(CNC2CC3CCC2O3)cc1F. The van der Waals surface area contributed by atoms with Gasteiger partial charge in [-0.2, -0.15) is 0 Å². The number of rotatable bonds is 3. The maximum atomic E-state index is 13.1. The van der Waals surface area contributed by atoms with E-state index in [9.17, 15) is 4.39 Å². The molecule has 0 aromatic heterocycles. The van der Waals surface area contributed by atoms with Gasteiger partial charge in [-0.3, -0.25) is 0 Å². The largest absolute Gasteiger partial charge is 0.505 e. The Morgan fingerprint density at radius 3 is 2.94 bits per heavy atom. The second-order valence-corrected chi connectivity index (χ2v) is 4.88. The zero-order valence-corrected chi connectivity index (χ0v) is 9.53. The van der Waals surface area contributed by atoms with Gasteiger partial charge in [0.1, 0.15) is 0 Å². The summed E-state index contributed by atoms with van der Waals surface area (Å²) < 4.78 is 18.9. The second-order valence-electron chi connectivity index (χ2n) is 4.88. The first-order valence-corrected chi connectivity index (χ1v) is 6.08. The molecule has 17 heavy (non-hydrogen) atoms. The third-order valence-electron chi connectivity index (χ3n) is 3.69. The van der Waals surface area contributed by atoms with Crippen molar-refractivity contribution in [2.45, 2.75) is 44.1 Å². The summed E-state index contributed by atoms with van der Waals surface area (Å²) in [5.74, 6) is -0.856. The Morgan fingerprint density at radius 2 is 2.29 bits per heavy atom. The molecule has 2 aliphatic heterocycles. The van der Waals surface area contributed by atoms with E-state index in [0.717, 1.165) is 18.4 Å². The molecule has 1 aromatic rings. The molecule has 0 aliphatic carbocycles. The summed E-state index contributed by atoms with van der Waals surface area (Å²) in [7, 11) is 0. The number of ether oxygens (including phenoxy) is 1. The normalized spacial score (nSPS) is 31.0. The van der Waals surface area contributed by atoms with E-state index >= 15 is 0 Å². The van der Waals surface area contributed by atoms with Gasteiger partial charge < -0.3 is 15.2 Å². The summed E-state index contributed by atoms with van der Waals surface area (Å²) in [6.45, 7) is 0.619. The highest BCUT2D eigenvalue weighted by atomic mass is 19.1. The average molecular weight is 237 g/mol. The van der Waals surface area contributed by atoms with Gasteiger partial charge in [-0.05, 0) is 37.0 Å². The minimum absolute atomic E-state index is 0.294. The molecule has 2 saturated heterocycles. The van der Waals surface area contributed by atoms with E-state index < -0.39 is 5.82 Å². The molecule has 2 N–H and O–H groups in total. The zero-order valence-electron chi connectivity index (χ0n) is 9.53. The number of fused-ring (bicyclic) bond motifs is 2. The molecular weight excluding hydrogens is 221 g/mol. The Kier molecular flexibility index (Phi) is 2.76. The van der Waals surface area contributed by atoms with Crippen molar-refractivity contribution in [1.82, 2.24) is 5.32 Å². The molecule has 3 unspecified atom stereocenters. The molecule has 2 heterocycles. The van der Waals surface area contributed by atoms with Gasteiger partial charge in [0.15, 0.2) is 11.6 Å². The summed E-state index contributed by atoms with van der Waals surface area (Å²) in [5, 5.41) is 12.5. The van der Waals surface area contributed by atoms with Gasteiger partial charge in [-0.15, -0.1) is 0 Å². The number of hydrogen-bond donors (Lipinski definition) is 2. The lowest BCUT2D eigenvalue weighted by Crippen LogP contribution is -2.36. The fourth-order valence-electron chi connectivity index (χ4n) is 2.76. The monoisotopic (exact) mass is 237 g/mol. The Balaban J connectivity index is 1.59. The maximum Gasteiger partial charge on any atom is 0.165 e. The highest BCUT2D eigenvalue weighted by molar-refractivity contribution is 5.28. The standard InChI is InChI=1S/C13H16FNO2/c14-10-5-8(1-3-12(10)16)7-15-11-6-9-2-4-13(11)17-9/h1,3,5,9,11,13,15-16H,2,4,6-7H2. The van der Waals surface area contributed by atoms with Gasteiger partial charge in [0.25, 0.3) is 0 Å². The first kappa shape index (κ1) is 11.0. The van der Waals surface area contributed by atoms with E-state index in [1.54, 1.807) is 6.07 Å². The van der Waals surface area contributed by atoms with Crippen molar-refractivity contribution in [2.75, 3.05) is 0 Å². The molecule has 0 radical (unpaired) electrons. The number of phenolic OH excluding ortho intramolecular Hbond substituents is 1. The quantitative estimate of drug-likeness (QED) is 0.844. The minimum atomic E-state index is -0.562. The van der Waals surface area contributed by atoms with Crippen molar-refractivity contribution in [3.63, 3.8) is 0 Å². The van der Waals surface area contributed by atoms with Gasteiger partial charge in [0.2, 0.25) is 0 Å². The minimum Gasteiger partial charge on any atom is -0.505 e. The predicted octanol–water partition coefficient (Wildman–Crippen LogP) is 1.94. The number of halogens is 1. The van der Waals surface area contributed by atoms with Crippen molar-refractivity contribution in [3.05, 3.63) is 29.6 Å². The van der Waals surface area contributed by atoms with Crippen LogP contribution in [-0.2, 0) is 11.3 Å². The zero-order chi connectivity index (χ0) is 11.8. The summed E-state index contributed by atoms with van der Waals surface area (Å²) >= 11 is 0. The first-order chi connectivity index (χ1) is 8.22. The Hall–Kier alpha value is -1.13. The van der Waals surface area contributed by atoms with Crippen molar-refractivity contribution in [2.24, 2.45) is 0 Å². The van der Waals surface area contributed by atoms with Crippen molar-refractivity contribution in [3.8, 4) is 5.75 Å². The Labute approximate surface area is 99.6 Å². The number of phenols is 1. The van der Waals surface area contributed by atoms with Crippen molar-refractivity contribution in [1.29, 1.82) is 0 Å². The van der Waals surface area contributed by atoms with Crippen LogP contribution in [0.15, 0.2) is 18.2 Å². The lowest BCUT2D eigenvalue weighted by Gasteiger charge is -2.20. The van der Waals surface area contributed by atoms with Gasteiger partial charge >= 0.3 is 0 Å². The first-order valence-electron chi connectivity index (χ1n) is 6.08. The van der Waals surface area contributed by atoms with Crippen LogP contribution in [0.3, 0.4) is 0 Å². The van der Waals surface area contributed by atoms with Crippen molar-refractivity contribution < 1.29 is 14.2 Å². The number of benzene rings is 1. The van der Waals surface area contributed by atoms with Gasteiger partial charge in [-0.25, -0.2) is 4.39 Å². The third-order valence-corrected chi connectivity index (χ3v) is 3.69. The van der Waals surface area contributed by atoms with E-state index in [1.807, 2.05) is 0 Å². The second kappa shape index (κ2) is 4.27. The molecule has 92 valence electrons. The topological polar surface area (TPSA) is 41.5 Å². The van der Waals surface area contributed by atoms with Crippen LogP contribution in [0.2, 0.25) is 0 Å². The molecule has 3 nitrogen and oxygen atoms in total. The molecule has 3 atom stereocenters. The summed E-state index contributed by atoms with van der Waals surface area (Å²) in [6.07, 6.45) is 4.13. The van der Waals surface area contributed by atoms with Crippen LogP contribution in [0.1, 0.15) is 24.8 Å². The fraction of sp³-hybridized carbons (Fsp3) is 0.538. The molecule has 3 rings (SSSR count). The summed E-state index contributed by atoms with van der Waals surface area (Å²) in [5.41, 5.74) is 0.850. The Bertz CT molecular complexity index is 424. The van der Waals surface area contributed by atoms with Crippen LogP contribution < -0.4 is 5.32 Å². The lowest BCUT2D eigenvalue weighted by molar-refractivity contribution is 0.0973. The van der Waals surface area contributed by atoms with Gasteiger partial charge in [0, 0.05) is 12.6 Å². The molecule has 2 bridgehead atoms. The van der Waals surface area contributed by atoms with E-state index in [2.05, 4.69) is 5.32 Å². The molecule has 1 aromatic carbocycles. The fourth-order valence-corrected chi connectivity index (χ4v) is 2.76. The molecular formula is C13H16FNO2. The maximum absolute atomic E-state index is 13.1. The van der Waals surface area contributed by atoms with Crippen LogP contribution in [0.25, 0.3) is 0 Å². The van der Waals surface area contributed by atoms with E-state index in [4.69, 9.17) is 9.84 Å². The number of aromatic hydroxyl groups is 1. The molecule has 2 fully saturated rings. The lowest BCUT2D eigenvalue weighted by atomic mass is 9.95. The molecule has 2 aliphatic rings. The van der Waals surface area contributed by atoms with E-state index in [1.165, 1.54) is 18.6 Å². The molecule has 0 saturated carbocycles. The summed E-state index contributed by atoms with van der Waals surface area (Å²) in [4.78, 5) is 0. The van der Waals surface area contributed by atoms with E-state index in [-0.39, 0.29) is 5.75 Å². The summed E-state index contributed by atoms with van der Waals surface area (Å²) in [6, 6.07) is 4.89.